The number of pyridine rings is 1. The van der Waals surface area contributed by atoms with Gasteiger partial charge < -0.3 is 9.67 Å². The number of aliphatic hydroxyl groups excluding tert-OH is 1. The molecule has 4 rings (SSSR count). The van der Waals surface area contributed by atoms with E-state index in [0.717, 1.165) is 22.5 Å². The molecule has 1 aromatic carbocycles. The second-order valence-electron chi connectivity index (χ2n) is 8.67. The molecule has 1 fully saturated rings. The quantitative estimate of drug-likeness (QED) is 0.620. The van der Waals surface area contributed by atoms with Gasteiger partial charge in [-0.15, -0.1) is 0 Å². The molecular formula is C26H27N3O2. The van der Waals surface area contributed by atoms with E-state index in [2.05, 4.69) is 43.1 Å². The summed E-state index contributed by atoms with van der Waals surface area (Å²) in [6.07, 6.45) is 7.90. The van der Waals surface area contributed by atoms with Crippen LogP contribution in [0.4, 0.5) is 0 Å². The van der Waals surface area contributed by atoms with Gasteiger partial charge in [-0.05, 0) is 68.9 Å². The Hall–Kier alpha value is -3.23. The summed E-state index contributed by atoms with van der Waals surface area (Å²) in [4.78, 5) is 17.3. The van der Waals surface area contributed by atoms with Crippen LogP contribution in [0, 0.1) is 25.2 Å². The number of carbonyl (C=O) groups excluding carboxylic acids is 1. The fourth-order valence-corrected chi connectivity index (χ4v) is 4.43. The van der Waals surface area contributed by atoms with Crippen molar-refractivity contribution in [3.8, 4) is 11.8 Å². The third kappa shape index (κ3) is 4.30. The molecule has 1 aliphatic rings. The Morgan fingerprint density at radius 1 is 1.23 bits per heavy atom. The Balaban J connectivity index is 1.47. The second-order valence-corrected chi connectivity index (χ2v) is 8.67. The zero-order valence-electron chi connectivity index (χ0n) is 18.0. The van der Waals surface area contributed by atoms with Crippen LogP contribution in [0.25, 0.3) is 5.69 Å². The molecule has 0 spiro atoms. The lowest BCUT2D eigenvalue weighted by Crippen LogP contribution is -2.33. The van der Waals surface area contributed by atoms with Crippen molar-refractivity contribution < 1.29 is 9.90 Å². The van der Waals surface area contributed by atoms with Crippen LogP contribution in [0.3, 0.4) is 0 Å². The van der Waals surface area contributed by atoms with Gasteiger partial charge in [-0.25, -0.2) is 0 Å². The van der Waals surface area contributed by atoms with Crippen molar-refractivity contribution in [1.82, 2.24) is 9.55 Å². The molecule has 0 atom stereocenters. The van der Waals surface area contributed by atoms with Gasteiger partial charge in [-0.1, -0.05) is 23.8 Å². The molecule has 2 aromatic heterocycles. The average Bonchev–Trinajstić information content (AvgIpc) is 3.25. The van der Waals surface area contributed by atoms with Gasteiger partial charge in [0.05, 0.1) is 23.3 Å². The number of aliphatic hydroxyl groups is 1. The average molecular weight is 414 g/mol. The van der Waals surface area contributed by atoms with E-state index in [1.807, 2.05) is 35.2 Å². The summed E-state index contributed by atoms with van der Waals surface area (Å²) in [5.41, 5.74) is 5.04. The second kappa shape index (κ2) is 8.49. The maximum atomic E-state index is 12.8. The van der Waals surface area contributed by atoms with E-state index >= 15 is 0 Å². The van der Waals surface area contributed by atoms with Gasteiger partial charge in [-0.2, -0.15) is 5.26 Å². The van der Waals surface area contributed by atoms with E-state index in [1.165, 1.54) is 5.56 Å². The zero-order valence-corrected chi connectivity index (χ0v) is 18.0. The fourth-order valence-electron chi connectivity index (χ4n) is 4.43. The highest BCUT2D eigenvalue weighted by molar-refractivity contribution is 5.97. The van der Waals surface area contributed by atoms with Crippen molar-refractivity contribution in [2.75, 3.05) is 0 Å². The summed E-state index contributed by atoms with van der Waals surface area (Å²) in [5, 5.41) is 19.5. The number of nitriles is 1. The smallest absolute Gasteiger partial charge is 0.168 e. The Labute approximate surface area is 183 Å². The van der Waals surface area contributed by atoms with Crippen LogP contribution >= 0.6 is 0 Å². The van der Waals surface area contributed by atoms with Crippen molar-refractivity contribution >= 4 is 5.78 Å². The lowest BCUT2D eigenvalue weighted by molar-refractivity contribution is 0.0992. The van der Waals surface area contributed by atoms with E-state index in [4.69, 9.17) is 0 Å². The first-order valence-corrected chi connectivity index (χ1v) is 10.7. The van der Waals surface area contributed by atoms with Crippen molar-refractivity contribution in [1.29, 1.82) is 5.26 Å². The minimum atomic E-state index is -0.634. The standard InChI is InChI=1S/C26H27N3O2/c1-18-3-5-23(19(2)13-18)29-12-9-21(16-29)24(31)14-20-4-6-25(28-15-20)26(17-27)10-7-22(30)8-11-26/h3-6,9,12-13,15-16,22,30H,7-8,10-11,14H2,1-2H3. The lowest BCUT2D eigenvalue weighted by atomic mass is 9.72. The molecule has 5 heteroatoms. The molecule has 0 radical (unpaired) electrons. The number of benzene rings is 1. The van der Waals surface area contributed by atoms with E-state index in [-0.39, 0.29) is 18.3 Å². The SMILES string of the molecule is Cc1ccc(-n2ccc(C(=O)Cc3ccc(C4(C#N)CCC(O)CC4)nc3)c2)c(C)c1. The minimum absolute atomic E-state index is 0.0360. The number of aryl methyl sites for hydroxylation is 2. The summed E-state index contributed by atoms with van der Waals surface area (Å²) in [5.74, 6) is 0.0360. The zero-order chi connectivity index (χ0) is 22.0. The number of carbonyl (C=O) groups is 1. The van der Waals surface area contributed by atoms with Crippen LogP contribution < -0.4 is 0 Å². The summed E-state index contributed by atoms with van der Waals surface area (Å²) in [6.45, 7) is 4.13. The molecule has 0 aliphatic heterocycles. The molecule has 2 heterocycles. The monoisotopic (exact) mass is 413 g/mol. The first-order valence-electron chi connectivity index (χ1n) is 10.7. The van der Waals surface area contributed by atoms with Crippen molar-refractivity contribution in [3.05, 3.63) is 82.9 Å². The van der Waals surface area contributed by atoms with Gasteiger partial charge in [0, 0.05) is 36.3 Å². The topological polar surface area (TPSA) is 78.9 Å². The third-order valence-corrected chi connectivity index (χ3v) is 6.35. The molecule has 0 unspecified atom stereocenters. The van der Waals surface area contributed by atoms with Crippen LogP contribution in [-0.4, -0.2) is 26.5 Å². The molecule has 158 valence electrons. The molecule has 5 nitrogen and oxygen atoms in total. The number of hydrogen-bond donors (Lipinski definition) is 1. The molecule has 0 amide bonds. The summed E-state index contributed by atoms with van der Waals surface area (Å²) >= 11 is 0. The Bertz CT molecular complexity index is 1130. The summed E-state index contributed by atoms with van der Waals surface area (Å²) in [6, 6.07) is 14.3. The number of ketones is 1. The molecule has 0 bridgehead atoms. The molecule has 3 aromatic rings. The molecular weight excluding hydrogens is 386 g/mol. The summed E-state index contributed by atoms with van der Waals surface area (Å²) < 4.78 is 1.98. The van der Waals surface area contributed by atoms with Crippen LogP contribution in [0.2, 0.25) is 0 Å². The van der Waals surface area contributed by atoms with Gasteiger partial charge in [-0.3, -0.25) is 9.78 Å². The van der Waals surface area contributed by atoms with Gasteiger partial charge in [0.15, 0.2) is 5.78 Å². The van der Waals surface area contributed by atoms with Crippen LogP contribution in [0.1, 0.15) is 58.4 Å². The molecule has 1 aliphatic carbocycles. The van der Waals surface area contributed by atoms with Crippen LogP contribution in [-0.2, 0) is 11.8 Å². The minimum Gasteiger partial charge on any atom is -0.393 e. The highest BCUT2D eigenvalue weighted by atomic mass is 16.3. The first-order chi connectivity index (χ1) is 14.9. The number of aromatic nitrogens is 2. The van der Waals surface area contributed by atoms with E-state index in [9.17, 15) is 15.2 Å². The lowest BCUT2D eigenvalue weighted by Gasteiger charge is -2.32. The number of hydrogen-bond acceptors (Lipinski definition) is 4. The highest BCUT2D eigenvalue weighted by Gasteiger charge is 2.37. The Morgan fingerprint density at radius 3 is 2.65 bits per heavy atom. The van der Waals surface area contributed by atoms with Crippen LogP contribution in [0.15, 0.2) is 55.0 Å². The number of rotatable bonds is 5. The maximum Gasteiger partial charge on any atom is 0.168 e. The predicted molar refractivity (Wildman–Crippen MR) is 119 cm³/mol. The van der Waals surface area contributed by atoms with Gasteiger partial charge in [0.1, 0.15) is 0 Å². The van der Waals surface area contributed by atoms with Crippen LogP contribution in [0.5, 0.6) is 0 Å². The Morgan fingerprint density at radius 2 is 2.00 bits per heavy atom. The molecule has 1 N–H and O–H groups in total. The predicted octanol–water partition coefficient (Wildman–Crippen LogP) is 4.61. The first kappa shape index (κ1) is 21.0. The van der Waals surface area contributed by atoms with Crippen molar-refractivity contribution in [3.63, 3.8) is 0 Å². The van der Waals surface area contributed by atoms with Gasteiger partial charge in [0.25, 0.3) is 0 Å². The van der Waals surface area contributed by atoms with Crippen molar-refractivity contribution in [2.45, 2.75) is 57.5 Å². The maximum absolute atomic E-state index is 12.8. The van der Waals surface area contributed by atoms with E-state index < -0.39 is 5.41 Å². The van der Waals surface area contributed by atoms with Crippen molar-refractivity contribution in [2.24, 2.45) is 0 Å². The normalized spacial score (nSPS) is 20.9. The summed E-state index contributed by atoms with van der Waals surface area (Å²) in [7, 11) is 0. The largest absolute Gasteiger partial charge is 0.393 e. The van der Waals surface area contributed by atoms with Gasteiger partial charge >= 0.3 is 0 Å². The molecule has 1 saturated carbocycles. The van der Waals surface area contributed by atoms with Gasteiger partial charge in [0.2, 0.25) is 0 Å². The molecule has 0 saturated heterocycles. The number of Topliss-reactive ketones (excluding diaryl/α,β-unsaturated/α-hetero) is 1. The third-order valence-electron chi connectivity index (χ3n) is 6.35. The molecule has 31 heavy (non-hydrogen) atoms. The highest BCUT2D eigenvalue weighted by Crippen LogP contribution is 2.38. The fraction of sp³-hybridized carbons (Fsp3) is 0.346. The Kier molecular flexibility index (Phi) is 5.75. The number of nitrogens with zero attached hydrogens (tertiary/aromatic N) is 3. The van der Waals surface area contributed by atoms with E-state index in [0.29, 0.717) is 31.2 Å². The van der Waals surface area contributed by atoms with E-state index in [1.54, 1.807) is 6.20 Å².